The molecule has 5 heteroatoms. The predicted octanol–water partition coefficient (Wildman–Crippen LogP) is 5.25. The molecule has 0 radical (unpaired) electrons. The van der Waals surface area contributed by atoms with Crippen LogP contribution in [0.4, 0.5) is 0 Å². The van der Waals surface area contributed by atoms with Crippen molar-refractivity contribution >= 4 is 20.7 Å². The Kier molecular flexibility index (Phi) is 5.39. The highest BCUT2D eigenvalue weighted by molar-refractivity contribution is 7.91. The van der Waals surface area contributed by atoms with Gasteiger partial charge in [-0.25, -0.2) is 8.42 Å². The Bertz CT molecular complexity index is 1330. The average Bonchev–Trinajstić information content (AvgIpc) is 2.73. The third kappa shape index (κ3) is 4.12. The van der Waals surface area contributed by atoms with Crippen LogP contribution in [0.5, 0.6) is 0 Å². The first-order valence-corrected chi connectivity index (χ1v) is 11.9. The molecule has 2 heterocycles. The molecular formula is C25H24N2O2S. The zero-order valence-electron chi connectivity index (χ0n) is 17.3. The summed E-state index contributed by atoms with van der Waals surface area (Å²) in [6.07, 6.45) is 5.35. The van der Waals surface area contributed by atoms with Crippen molar-refractivity contribution in [3.05, 3.63) is 84.2 Å². The second kappa shape index (κ2) is 8.00. The van der Waals surface area contributed by atoms with Crippen LogP contribution in [0.3, 0.4) is 0 Å². The van der Waals surface area contributed by atoms with E-state index < -0.39 is 15.1 Å². The largest absolute Gasteiger partial charge is 0.256 e. The predicted molar refractivity (Wildman–Crippen MR) is 123 cm³/mol. The van der Waals surface area contributed by atoms with Crippen LogP contribution >= 0.6 is 0 Å². The van der Waals surface area contributed by atoms with Crippen molar-refractivity contribution in [1.82, 2.24) is 9.97 Å². The van der Waals surface area contributed by atoms with E-state index in [0.29, 0.717) is 6.42 Å². The standard InChI is InChI=1S/C25H24N2O2S/c1-17-7-5-11-26-24(17)22-9-4-8-20(16-22)23-15-19(13-18(2)30(3,28)29)14-21-10-6-12-27-25(21)23/h4-12,14-16,18H,13H2,1-3H3. The van der Waals surface area contributed by atoms with Gasteiger partial charge in [0, 0.05) is 35.2 Å². The Morgan fingerprint density at radius 2 is 1.63 bits per heavy atom. The number of fused-ring (bicyclic) bond motifs is 1. The van der Waals surface area contributed by atoms with E-state index in [1.165, 1.54) is 6.26 Å². The van der Waals surface area contributed by atoms with Gasteiger partial charge in [-0.05, 0) is 67.3 Å². The van der Waals surface area contributed by atoms with Gasteiger partial charge in [0.05, 0.1) is 16.5 Å². The number of aromatic nitrogens is 2. The van der Waals surface area contributed by atoms with Gasteiger partial charge in [-0.1, -0.05) is 30.3 Å². The van der Waals surface area contributed by atoms with Gasteiger partial charge < -0.3 is 0 Å². The zero-order valence-corrected chi connectivity index (χ0v) is 18.1. The Morgan fingerprint density at radius 3 is 2.40 bits per heavy atom. The monoisotopic (exact) mass is 416 g/mol. The fourth-order valence-electron chi connectivity index (χ4n) is 3.70. The Morgan fingerprint density at radius 1 is 0.900 bits per heavy atom. The van der Waals surface area contributed by atoms with E-state index in [9.17, 15) is 8.42 Å². The normalized spacial score (nSPS) is 12.8. The summed E-state index contributed by atoms with van der Waals surface area (Å²) >= 11 is 0. The van der Waals surface area contributed by atoms with Crippen LogP contribution in [-0.4, -0.2) is 29.9 Å². The van der Waals surface area contributed by atoms with Gasteiger partial charge in [0.1, 0.15) is 9.84 Å². The number of sulfone groups is 1. The van der Waals surface area contributed by atoms with Gasteiger partial charge in [0.25, 0.3) is 0 Å². The first-order valence-electron chi connectivity index (χ1n) is 9.92. The third-order valence-corrected chi connectivity index (χ3v) is 7.10. The van der Waals surface area contributed by atoms with Crippen molar-refractivity contribution in [2.45, 2.75) is 25.5 Å². The molecule has 0 fully saturated rings. The molecule has 152 valence electrons. The number of aryl methyl sites for hydroxylation is 1. The van der Waals surface area contributed by atoms with E-state index >= 15 is 0 Å². The summed E-state index contributed by atoms with van der Waals surface area (Å²) in [4.78, 5) is 9.16. The molecule has 2 aromatic heterocycles. The lowest BCUT2D eigenvalue weighted by Gasteiger charge is -2.14. The topological polar surface area (TPSA) is 59.9 Å². The van der Waals surface area contributed by atoms with Crippen molar-refractivity contribution in [3.8, 4) is 22.4 Å². The summed E-state index contributed by atoms with van der Waals surface area (Å²) in [5, 5.41) is 0.562. The minimum Gasteiger partial charge on any atom is -0.256 e. The van der Waals surface area contributed by atoms with E-state index in [2.05, 4.69) is 47.2 Å². The summed E-state index contributed by atoms with van der Waals surface area (Å²) in [7, 11) is -3.10. The smallest absolute Gasteiger partial charge is 0.150 e. The average molecular weight is 417 g/mol. The molecular weight excluding hydrogens is 392 g/mol. The van der Waals surface area contributed by atoms with Crippen molar-refractivity contribution in [2.75, 3.05) is 6.26 Å². The highest BCUT2D eigenvalue weighted by Crippen LogP contribution is 2.32. The van der Waals surface area contributed by atoms with Crippen LogP contribution in [0, 0.1) is 6.92 Å². The molecule has 0 aliphatic rings. The lowest BCUT2D eigenvalue weighted by atomic mass is 9.95. The highest BCUT2D eigenvalue weighted by Gasteiger charge is 2.17. The van der Waals surface area contributed by atoms with Crippen LogP contribution in [0.2, 0.25) is 0 Å². The van der Waals surface area contributed by atoms with Gasteiger partial charge in [0.2, 0.25) is 0 Å². The van der Waals surface area contributed by atoms with E-state index in [-0.39, 0.29) is 0 Å². The molecule has 0 aliphatic heterocycles. The summed E-state index contributed by atoms with van der Waals surface area (Å²) in [6.45, 7) is 3.81. The summed E-state index contributed by atoms with van der Waals surface area (Å²) < 4.78 is 23.9. The van der Waals surface area contributed by atoms with E-state index in [1.807, 2.05) is 30.3 Å². The van der Waals surface area contributed by atoms with Crippen LogP contribution in [0.15, 0.2) is 73.1 Å². The van der Waals surface area contributed by atoms with Crippen molar-refractivity contribution < 1.29 is 8.42 Å². The van der Waals surface area contributed by atoms with Crippen molar-refractivity contribution in [1.29, 1.82) is 0 Å². The molecule has 0 aliphatic carbocycles. The number of nitrogens with zero attached hydrogens (tertiary/aromatic N) is 2. The molecule has 0 N–H and O–H groups in total. The number of hydrogen-bond acceptors (Lipinski definition) is 4. The van der Waals surface area contributed by atoms with Crippen LogP contribution in [0.25, 0.3) is 33.3 Å². The number of pyridine rings is 2. The zero-order chi connectivity index (χ0) is 21.3. The minimum atomic E-state index is -3.10. The van der Waals surface area contributed by atoms with E-state index in [0.717, 1.165) is 44.4 Å². The number of hydrogen-bond donors (Lipinski definition) is 0. The molecule has 4 rings (SSSR count). The fourth-order valence-corrected chi connectivity index (χ4v) is 4.19. The maximum Gasteiger partial charge on any atom is 0.150 e. The lowest BCUT2D eigenvalue weighted by Crippen LogP contribution is -2.18. The van der Waals surface area contributed by atoms with E-state index in [4.69, 9.17) is 0 Å². The van der Waals surface area contributed by atoms with Crippen molar-refractivity contribution in [3.63, 3.8) is 0 Å². The lowest BCUT2D eigenvalue weighted by molar-refractivity contribution is 0.588. The van der Waals surface area contributed by atoms with E-state index in [1.54, 1.807) is 19.3 Å². The maximum atomic E-state index is 12.0. The third-order valence-electron chi connectivity index (χ3n) is 5.48. The highest BCUT2D eigenvalue weighted by atomic mass is 32.2. The molecule has 0 spiro atoms. The molecule has 0 amide bonds. The molecule has 2 aromatic carbocycles. The first-order chi connectivity index (χ1) is 14.3. The van der Waals surface area contributed by atoms with Gasteiger partial charge in [0.15, 0.2) is 0 Å². The fraction of sp³-hybridized carbons (Fsp3) is 0.200. The molecule has 0 saturated carbocycles. The van der Waals surface area contributed by atoms with Gasteiger partial charge in [-0.2, -0.15) is 0 Å². The molecule has 0 saturated heterocycles. The summed E-state index contributed by atoms with van der Waals surface area (Å²) in [5.74, 6) is 0. The second-order valence-corrected chi connectivity index (χ2v) is 10.3. The maximum absolute atomic E-state index is 12.0. The Balaban J connectivity index is 1.86. The SMILES string of the molecule is Cc1cccnc1-c1cccc(-c2cc(CC(C)S(C)(=O)=O)cc3cccnc23)c1. The number of benzene rings is 2. The van der Waals surface area contributed by atoms with Crippen molar-refractivity contribution in [2.24, 2.45) is 0 Å². The summed E-state index contributed by atoms with van der Waals surface area (Å²) in [5.41, 5.74) is 7.05. The van der Waals surface area contributed by atoms with Gasteiger partial charge in [-0.15, -0.1) is 0 Å². The molecule has 1 unspecified atom stereocenters. The minimum absolute atomic E-state index is 0.443. The Labute approximate surface area is 177 Å². The van der Waals surface area contributed by atoms with Crippen LogP contribution < -0.4 is 0 Å². The molecule has 4 aromatic rings. The first kappa shape index (κ1) is 20.2. The van der Waals surface area contributed by atoms with Gasteiger partial charge in [-0.3, -0.25) is 9.97 Å². The van der Waals surface area contributed by atoms with Crippen LogP contribution in [0.1, 0.15) is 18.1 Å². The van der Waals surface area contributed by atoms with Crippen LogP contribution in [-0.2, 0) is 16.3 Å². The van der Waals surface area contributed by atoms with Gasteiger partial charge >= 0.3 is 0 Å². The second-order valence-electron chi connectivity index (χ2n) is 7.81. The summed E-state index contributed by atoms with van der Waals surface area (Å²) in [6, 6.07) is 20.3. The Hall–Kier alpha value is -3.05. The molecule has 0 bridgehead atoms. The molecule has 4 nitrogen and oxygen atoms in total. The molecule has 1 atom stereocenters. The molecule has 30 heavy (non-hydrogen) atoms. The number of rotatable bonds is 5. The quantitative estimate of drug-likeness (QED) is 0.446.